The zero-order valence-electron chi connectivity index (χ0n) is 21.2. The van der Waals surface area contributed by atoms with Gasteiger partial charge in [-0.2, -0.15) is 8.78 Å². The van der Waals surface area contributed by atoms with Gasteiger partial charge >= 0.3 is 12.6 Å². The number of imidazole rings is 1. The number of aromatic nitrogens is 3. The van der Waals surface area contributed by atoms with Gasteiger partial charge in [0.2, 0.25) is 0 Å². The van der Waals surface area contributed by atoms with Gasteiger partial charge in [-0.3, -0.25) is 4.98 Å². The molecule has 2 amide bonds. The van der Waals surface area contributed by atoms with Crippen molar-refractivity contribution in [2.45, 2.75) is 23.2 Å². The molecule has 0 bridgehead atoms. The number of anilines is 1. The van der Waals surface area contributed by atoms with Crippen LogP contribution < -0.4 is 30.0 Å². The predicted octanol–water partition coefficient (Wildman–Crippen LogP) is 2.26. The first-order chi connectivity index (χ1) is 19.4. The van der Waals surface area contributed by atoms with Gasteiger partial charge in [0.25, 0.3) is 25.2 Å². The minimum Gasteiger partial charge on any atom is -0.493 e. The molecule has 4 N–H and O–H groups in total. The van der Waals surface area contributed by atoms with Gasteiger partial charge in [-0.05, 0) is 36.4 Å². The van der Waals surface area contributed by atoms with Crippen molar-refractivity contribution in [1.29, 1.82) is 0 Å². The van der Waals surface area contributed by atoms with Crippen molar-refractivity contribution in [3.05, 3.63) is 60.4 Å². The third-order valence-electron chi connectivity index (χ3n) is 5.48. The van der Waals surface area contributed by atoms with Crippen molar-refractivity contribution in [2.75, 3.05) is 19.5 Å². The first-order valence-electron chi connectivity index (χ1n) is 11.3. The second-order valence-electron chi connectivity index (χ2n) is 8.02. The SMILES string of the molecule is COc1ccnc(CNS(=O)(=O)c2nc3cc(OC(F)F)ccc3n2S(=O)(=O)c2ccc(NC(N)=O)cc2)c1OC. The van der Waals surface area contributed by atoms with Crippen molar-refractivity contribution in [3.63, 3.8) is 0 Å². The number of nitrogens with two attached hydrogens (primary N) is 1. The number of fused-ring (bicyclic) bond motifs is 1. The molecule has 4 aromatic rings. The fourth-order valence-electron chi connectivity index (χ4n) is 3.76. The van der Waals surface area contributed by atoms with Crippen molar-refractivity contribution in [3.8, 4) is 17.2 Å². The molecule has 41 heavy (non-hydrogen) atoms. The normalized spacial score (nSPS) is 11.9. The lowest BCUT2D eigenvalue weighted by Crippen LogP contribution is -2.29. The summed E-state index contributed by atoms with van der Waals surface area (Å²) in [7, 11) is -6.70. The van der Waals surface area contributed by atoms with E-state index in [2.05, 4.69) is 24.7 Å². The molecule has 0 radical (unpaired) electrons. The molecule has 0 saturated heterocycles. The van der Waals surface area contributed by atoms with Crippen LogP contribution in [0.5, 0.6) is 17.2 Å². The van der Waals surface area contributed by atoms with E-state index in [1.54, 1.807) is 0 Å². The second kappa shape index (κ2) is 11.5. The van der Waals surface area contributed by atoms with E-state index in [4.69, 9.17) is 15.2 Å². The Morgan fingerprint density at radius 3 is 2.37 bits per heavy atom. The average Bonchev–Trinajstić information content (AvgIpc) is 3.32. The maximum Gasteiger partial charge on any atom is 0.387 e. The summed E-state index contributed by atoms with van der Waals surface area (Å²) in [5.74, 6) is 0.0308. The number of benzene rings is 2. The highest BCUT2D eigenvalue weighted by atomic mass is 32.2. The Labute approximate surface area is 232 Å². The highest BCUT2D eigenvalue weighted by Crippen LogP contribution is 2.31. The molecular formula is C23H22F2N6O8S2. The van der Waals surface area contributed by atoms with E-state index in [-0.39, 0.29) is 44.6 Å². The molecule has 218 valence electrons. The Hall–Kier alpha value is -4.55. The van der Waals surface area contributed by atoms with E-state index < -0.39 is 44.4 Å². The number of carbonyl (C=O) groups excluding carboxylic acids is 1. The second-order valence-corrected chi connectivity index (χ2v) is 11.5. The monoisotopic (exact) mass is 612 g/mol. The van der Waals surface area contributed by atoms with E-state index in [1.165, 1.54) is 38.6 Å². The number of hydrogen-bond donors (Lipinski definition) is 3. The molecule has 2 aromatic carbocycles. The number of alkyl halides is 2. The summed E-state index contributed by atoms with van der Waals surface area (Å²) in [6.45, 7) is -3.65. The van der Waals surface area contributed by atoms with Crippen LogP contribution in [0.2, 0.25) is 0 Å². The van der Waals surface area contributed by atoms with Crippen LogP contribution in [0.1, 0.15) is 5.69 Å². The van der Waals surface area contributed by atoms with E-state index in [0.29, 0.717) is 3.97 Å². The summed E-state index contributed by atoms with van der Waals surface area (Å²) in [6.07, 6.45) is 1.35. The molecule has 0 aliphatic rings. The number of rotatable bonds is 11. The fraction of sp³-hybridized carbons (Fsp3) is 0.174. The average molecular weight is 613 g/mol. The summed E-state index contributed by atoms with van der Waals surface area (Å²) in [4.78, 5) is 18.8. The number of carbonyl (C=O) groups is 1. The molecular weight excluding hydrogens is 590 g/mol. The zero-order valence-corrected chi connectivity index (χ0v) is 22.9. The molecule has 0 aliphatic heterocycles. The number of ether oxygens (including phenoxy) is 3. The highest BCUT2D eigenvalue weighted by molar-refractivity contribution is 7.92. The Morgan fingerprint density at radius 1 is 1.05 bits per heavy atom. The maximum absolute atomic E-state index is 13.7. The van der Waals surface area contributed by atoms with Gasteiger partial charge in [-0.25, -0.2) is 35.3 Å². The third kappa shape index (κ3) is 6.13. The zero-order chi connectivity index (χ0) is 29.9. The molecule has 0 atom stereocenters. The molecule has 0 unspecified atom stereocenters. The van der Waals surface area contributed by atoms with E-state index in [9.17, 15) is 30.4 Å². The maximum atomic E-state index is 13.7. The molecule has 0 aliphatic carbocycles. The number of nitrogens with one attached hydrogen (secondary N) is 2. The molecule has 0 fully saturated rings. The number of halogens is 2. The minimum absolute atomic E-state index is 0.117. The molecule has 0 saturated carbocycles. The topological polar surface area (TPSA) is 194 Å². The lowest BCUT2D eigenvalue weighted by Gasteiger charge is -2.14. The standard InChI is InChI=1S/C23H22F2N6O8S2/c1-37-19-9-10-27-17(20(19)38-2)12-28-40(33,34)23-30-16-11-14(39-21(24)25)5-8-18(16)31(23)41(35,36)15-6-3-13(4-7-15)29-22(26)32/h3-11,21,28H,12H2,1-2H3,(H3,26,29,32). The Kier molecular flexibility index (Phi) is 8.27. The van der Waals surface area contributed by atoms with Crippen LogP contribution in [-0.4, -0.2) is 57.6 Å². The van der Waals surface area contributed by atoms with Gasteiger partial charge in [0.15, 0.2) is 11.5 Å². The van der Waals surface area contributed by atoms with Crippen molar-refractivity contribution >= 4 is 42.8 Å². The van der Waals surface area contributed by atoms with E-state index in [1.807, 2.05) is 0 Å². The van der Waals surface area contributed by atoms with Crippen LogP contribution in [0, 0.1) is 0 Å². The van der Waals surface area contributed by atoms with Gasteiger partial charge in [0.1, 0.15) is 11.4 Å². The van der Waals surface area contributed by atoms with Crippen LogP contribution in [0.4, 0.5) is 19.3 Å². The van der Waals surface area contributed by atoms with Gasteiger partial charge in [0, 0.05) is 24.0 Å². The quantitative estimate of drug-likeness (QED) is 0.226. The third-order valence-corrected chi connectivity index (χ3v) is 8.59. The minimum atomic E-state index is -4.72. The summed E-state index contributed by atoms with van der Waals surface area (Å²) < 4.78 is 97.5. The predicted molar refractivity (Wildman–Crippen MR) is 140 cm³/mol. The fourth-order valence-corrected chi connectivity index (χ4v) is 6.69. The van der Waals surface area contributed by atoms with Crippen LogP contribution in [-0.2, 0) is 26.6 Å². The van der Waals surface area contributed by atoms with Crippen molar-refractivity contribution in [1.82, 2.24) is 18.7 Å². The van der Waals surface area contributed by atoms with Crippen LogP contribution in [0.25, 0.3) is 11.0 Å². The molecule has 14 nitrogen and oxygen atoms in total. The number of sulfonamides is 1. The van der Waals surface area contributed by atoms with Crippen molar-refractivity contribution in [2.24, 2.45) is 5.73 Å². The number of primary amides is 1. The molecule has 18 heteroatoms. The van der Waals surface area contributed by atoms with Gasteiger partial charge in [0.05, 0.1) is 36.7 Å². The number of pyridine rings is 1. The first kappa shape index (κ1) is 29.4. The summed E-state index contributed by atoms with van der Waals surface area (Å²) in [5, 5.41) is 1.30. The number of urea groups is 1. The summed E-state index contributed by atoms with van der Waals surface area (Å²) >= 11 is 0. The lowest BCUT2D eigenvalue weighted by molar-refractivity contribution is -0.0497. The summed E-state index contributed by atoms with van der Waals surface area (Å²) in [5.41, 5.74) is 4.85. The largest absolute Gasteiger partial charge is 0.493 e. The van der Waals surface area contributed by atoms with Crippen molar-refractivity contribution < 1.29 is 44.6 Å². The smallest absolute Gasteiger partial charge is 0.387 e. The van der Waals surface area contributed by atoms with E-state index in [0.717, 1.165) is 30.3 Å². The Bertz CT molecular complexity index is 1810. The van der Waals surface area contributed by atoms with E-state index >= 15 is 0 Å². The van der Waals surface area contributed by atoms with Gasteiger partial charge < -0.3 is 25.3 Å². The van der Waals surface area contributed by atoms with Gasteiger partial charge in [-0.15, -0.1) is 0 Å². The van der Waals surface area contributed by atoms with Crippen LogP contribution in [0.15, 0.2) is 64.8 Å². The number of hydrogen-bond acceptors (Lipinski definition) is 10. The number of amides is 2. The number of nitrogens with zero attached hydrogens (tertiary/aromatic N) is 3. The van der Waals surface area contributed by atoms with Crippen LogP contribution in [0.3, 0.4) is 0 Å². The van der Waals surface area contributed by atoms with Crippen LogP contribution >= 0.6 is 0 Å². The summed E-state index contributed by atoms with van der Waals surface area (Å²) in [6, 6.07) is 8.38. The molecule has 0 spiro atoms. The lowest BCUT2D eigenvalue weighted by atomic mass is 10.3. The first-order valence-corrected chi connectivity index (χ1v) is 14.2. The Morgan fingerprint density at radius 2 is 1.76 bits per heavy atom. The van der Waals surface area contributed by atoms with Gasteiger partial charge in [-0.1, -0.05) is 0 Å². The molecule has 2 aromatic heterocycles. The number of methoxy groups -OCH3 is 2. The highest BCUT2D eigenvalue weighted by Gasteiger charge is 2.32. The molecule has 2 heterocycles. The molecule has 4 rings (SSSR count). The Balaban J connectivity index is 1.83.